The Morgan fingerprint density at radius 2 is 1.88 bits per heavy atom. The number of nitrogens with zero attached hydrogens (tertiary/aromatic N) is 2. The molecule has 1 aromatic rings. The maximum Gasteiger partial charge on any atom is 0.261 e. The minimum Gasteiger partial charge on any atom is -0.483 e. The lowest BCUT2D eigenvalue weighted by atomic mass is 10.0. The standard InChI is InChI=1S/C18H22BrClN2O3/c19-14-11-13(20)6-7-16(14)25-12-17(23)22-10-2-1-5-15(22)18(24)21-8-3-4-9-21/h6-7,11,15H,1-5,8-10,12H2/t15-/m1/s1. The van der Waals surface area contributed by atoms with E-state index in [1.807, 2.05) is 4.90 Å². The van der Waals surface area contributed by atoms with Gasteiger partial charge in [0.2, 0.25) is 5.91 Å². The predicted molar refractivity (Wildman–Crippen MR) is 99.8 cm³/mol. The average Bonchev–Trinajstić information content (AvgIpc) is 3.15. The van der Waals surface area contributed by atoms with Crippen molar-refractivity contribution in [1.82, 2.24) is 9.80 Å². The Labute approximate surface area is 161 Å². The van der Waals surface area contributed by atoms with Crippen molar-refractivity contribution in [2.75, 3.05) is 26.2 Å². The summed E-state index contributed by atoms with van der Waals surface area (Å²) in [5.74, 6) is 0.523. The molecule has 1 aromatic carbocycles. The number of carbonyl (C=O) groups is 2. The molecule has 2 saturated heterocycles. The third-order valence-corrected chi connectivity index (χ3v) is 5.63. The minimum atomic E-state index is -0.336. The topological polar surface area (TPSA) is 49.9 Å². The van der Waals surface area contributed by atoms with Crippen LogP contribution in [0, 0.1) is 0 Å². The Kier molecular flexibility index (Phi) is 6.23. The van der Waals surface area contributed by atoms with Crippen LogP contribution in [-0.4, -0.2) is 53.9 Å². The number of ether oxygens (including phenoxy) is 1. The van der Waals surface area contributed by atoms with Gasteiger partial charge in [0, 0.05) is 24.7 Å². The van der Waals surface area contributed by atoms with Crippen molar-refractivity contribution in [1.29, 1.82) is 0 Å². The highest BCUT2D eigenvalue weighted by atomic mass is 79.9. The molecule has 3 rings (SSSR count). The Hall–Kier alpha value is -1.27. The SMILES string of the molecule is O=C([C@H]1CCCCN1C(=O)COc1ccc(Cl)cc1Br)N1CCCC1. The number of hydrogen-bond acceptors (Lipinski definition) is 3. The fourth-order valence-electron chi connectivity index (χ4n) is 3.45. The number of carbonyl (C=O) groups excluding carboxylic acids is 2. The fourth-order valence-corrected chi connectivity index (χ4v) is 4.25. The molecule has 0 unspecified atom stereocenters. The van der Waals surface area contributed by atoms with E-state index < -0.39 is 0 Å². The molecule has 2 aliphatic rings. The van der Waals surface area contributed by atoms with Gasteiger partial charge in [0.05, 0.1) is 4.47 Å². The molecule has 2 aliphatic heterocycles. The molecule has 2 fully saturated rings. The smallest absolute Gasteiger partial charge is 0.261 e. The van der Waals surface area contributed by atoms with E-state index in [-0.39, 0.29) is 24.5 Å². The van der Waals surface area contributed by atoms with Crippen LogP contribution >= 0.6 is 27.5 Å². The number of amides is 2. The minimum absolute atomic E-state index is 0.0794. The van der Waals surface area contributed by atoms with Gasteiger partial charge in [0.25, 0.3) is 5.91 Å². The zero-order chi connectivity index (χ0) is 17.8. The second-order valence-electron chi connectivity index (χ2n) is 6.49. The molecule has 25 heavy (non-hydrogen) atoms. The van der Waals surface area contributed by atoms with Gasteiger partial charge >= 0.3 is 0 Å². The summed E-state index contributed by atoms with van der Waals surface area (Å²) >= 11 is 9.29. The Balaban J connectivity index is 1.63. The first-order chi connectivity index (χ1) is 12.1. The molecule has 0 aliphatic carbocycles. The van der Waals surface area contributed by atoms with Crippen LogP contribution in [0.25, 0.3) is 0 Å². The molecule has 0 N–H and O–H groups in total. The molecule has 0 radical (unpaired) electrons. The van der Waals surface area contributed by atoms with Crippen LogP contribution < -0.4 is 4.74 Å². The largest absolute Gasteiger partial charge is 0.483 e. The van der Waals surface area contributed by atoms with E-state index in [0.29, 0.717) is 21.8 Å². The van der Waals surface area contributed by atoms with Crippen LogP contribution in [0.15, 0.2) is 22.7 Å². The molecule has 2 heterocycles. The summed E-state index contributed by atoms with van der Waals surface area (Å²) in [7, 11) is 0. The monoisotopic (exact) mass is 428 g/mol. The molecule has 0 aromatic heterocycles. The molecule has 136 valence electrons. The maximum absolute atomic E-state index is 12.8. The summed E-state index contributed by atoms with van der Waals surface area (Å²) in [6.07, 6.45) is 4.77. The van der Waals surface area contributed by atoms with Crippen LogP contribution in [0.5, 0.6) is 5.75 Å². The number of piperidine rings is 1. The molecule has 1 atom stereocenters. The highest BCUT2D eigenvalue weighted by molar-refractivity contribution is 9.10. The molecular weight excluding hydrogens is 408 g/mol. The van der Waals surface area contributed by atoms with E-state index in [2.05, 4.69) is 15.9 Å². The predicted octanol–water partition coefficient (Wildman–Crippen LogP) is 3.48. The zero-order valence-electron chi connectivity index (χ0n) is 14.0. The normalized spacial score (nSPS) is 20.6. The van der Waals surface area contributed by atoms with Gasteiger partial charge in [-0.3, -0.25) is 9.59 Å². The second-order valence-corrected chi connectivity index (χ2v) is 7.79. The number of halogens is 2. The molecule has 7 heteroatoms. The summed E-state index contributed by atoms with van der Waals surface area (Å²) in [5.41, 5.74) is 0. The van der Waals surface area contributed by atoms with Crippen molar-refractivity contribution in [3.05, 3.63) is 27.7 Å². The van der Waals surface area contributed by atoms with Gasteiger partial charge in [-0.05, 0) is 66.2 Å². The average molecular weight is 430 g/mol. The second kappa shape index (κ2) is 8.41. The third kappa shape index (κ3) is 4.47. The molecular formula is C18H22BrClN2O3. The summed E-state index contributed by atoms with van der Waals surface area (Å²) in [6, 6.07) is 4.83. The molecule has 0 saturated carbocycles. The van der Waals surface area contributed by atoms with Crippen molar-refractivity contribution >= 4 is 39.3 Å². The van der Waals surface area contributed by atoms with Crippen LogP contribution in [0.2, 0.25) is 5.02 Å². The lowest BCUT2D eigenvalue weighted by molar-refractivity contribution is -0.148. The van der Waals surface area contributed by atoms with Gasteiger partial charge in [0.15, 0.2) is 6.61 Å². The fraction of sp³-hybridized carbons (Fsp3) is 0.556. The van der Waals surface area contributed by atoms with Gasteiger partial charge in [-0.25, -0.2) is 0 Å². The van der Waals surface area contributed by atoms with E-state index in [0.717, 1.165) is 45.2 Å². The maximum atomic E-state index is 12.8. The number of rotatable bonds is 4. The van der Waals surface area contributed by atoms with Crippen molar-refractivity contribution < 1.29 is 14.3 Å². The van der Waals surface area contributed by atoms with E-state index in [9.17, 15) is 9.59 Å². The van der Waals surface area contributed by atoms with Gasteiger partial charge < -0.3 is 14.5 Å². The van der Waals surface area contributed by atoms with Crippen LogP contribution in [0.4, 0.5) is 0 Å². The summed E-state index contributed by atoms with van der Waals surface area (Å²) in [5, 5.41) is 0.595. The van der Waals surface area contributed by atoms with E-state index in [4.69, 9.17) is 16.3 Å². The van der Waals surface area contributed by atoms with Gasteiger partial charge in [-0.1, -0.05) is 11.6 Å². The first-order valence-electron chi connectivity index (χ1n) is 8.72. The highest BCUT2D eigenvalue weighted by Gasteiger charge is 2.35. The zero-order valence-corrected chi connectivity index (χ0v) is 16.4. The summed E-state index contributed by atoms with van der Waals surface area (Å²) in [4.78, 5) is 29.0. The quantitative estimate of drug-likeness (QED) is 0.736. The number of hydrogen-bond donors (Lipinski definition) is 0. The Morgan fingerprint density at radius 1 is 1.16 bits per heavy atom. The lowest BCUT2D eigenvalue weighted by Crippen LogP contribution is -2.53. The van der Waals surface area contributed by atoms with Crippen molar-refractivity contribution in [3.8, 4) is 5.75 Å². The Morgan fingerprint density at radius 3 is 2.60 bits per heavy atom. The van der Waals surface area contributed by atoms with Crippen molar-refractivity contribution in [2.45, 2.75) is 38.1 Å². The molecule has 2 amide bonds. The Bertz CT molecular complexity index is 649. The lowest BCUT2D eigenvalue weighted by Gasteiger charge is -2.36. The number of benzene rings is 1. The van der Waals surface area contributed by atoms with Crippen LogP contribution in [0.3, 0.4) is 0 Å². The van der Waals surface area contributed by atoms with E-state index in [1.54, 1.807) is 23.1 Å². The van der Waals surface area contributed by atoms with Crippen molar-refractivity contribution in [3.63, 3.8) is 0 Å². The highest BCUT2D eigenvalue weighted by Crippen LogP contribution is 2.28. The summed E-state index contributed by atoms with van der Waals surface area (Å²) < 4.78 is 6.34. The van der Waals surface area contributed by atoms with Crippen LogP contribution in [0.1, 0.15) is 32.1 Å². The summed E-state index contributed by atoms with van der Waals surface area (Å²) in [6.45, 7) is 2.16. The molecule has 5 nitrogen and oxygen atoms in total. The van der Waals surface area contributed by atoms with Crippen molar-refractivity contribution in [2.24, 2.45) is 0 Å². The first-order valence-corrected chi connectivity index (χ1v) is 9.89. The van der Waals surface area contributed by atoms with Gasteiger partial charge in [0.1, 0.15) is 11.8 Å². The van der Waals surface area contributed by atoms with Gasteiger partial charge in [-0.2, -0.15) is 0 Å². The van der Waals surface area contributed by atoms with Crippen LogP contribution in [-0.2, 0) is 9.59 Å². The molecule has 0 bridgehead atoms. The van der Waals surface area contributed by atoms with E-state index >= 15 is 0 Å². The third-order valence-electron chi connectivity index (χ3n) is 4.77. The van der Waals surface area contributed by atoms with Gasteiger partial charge in [-0.15, -0.1) is 0 Å². The van der Waals surface area contributed by atoms with E-state index in [1.165, 1.54) is 0 Å². The number of likely N-dealkylation sites (tertiary alicyclic amines) is 2. The first kappa shape index (κ1) is 18.5. The molecule has 0 spiro atoms.